The van der Waals surface area contributed by atoms with Crippen molar-refractivity contribution >= 4 is 21.6 Å². The number of nitrogens with one attached hydrogen (secondary N) is 1. The second-order valence-corrected chi connectivity index (χ2v) is 12.8. The number of amides is 1. The first-order valence-corrected chi connectivity index (χ1v) is 15.6. The molecule has 1 aliphatic rings. The van der Waals surface area contributed by atoms with Gasteiger partial charge in [-0.15, -0.1) is 0 Å². The van der Waals surface area contributed by atoms with Crippen molar-refractivity contribution < 1.29 is 13.2 Å². The van der Waals surface area contributed by atoms with Crippen LogP contribution in [0.2, 0.25) is 0 Å². The van der Waals surface area contributed by atoms with E-state index in [2.05, 4.69) is 28.8 Å². The quantitative estimate of drug-likeness (QED) is 0.263. The number of benzene rings is 3. The van der Waals surface area contributed by atoms with E-state index < -0.39 is 10.0 Å². The van der Waals surface area contributed by atoms with E-state index in [9.17, 15) is 13.2 Å². The van der Waals surface area contributed by atoms with Crippen molar-refractivity contribution in [1.82, 2.24) is 14.3 Å². The van der Waals surface area contributed by atoms with E-state index >= 15 is 0 Å². The molecule has 7 nitrogen and oxygen atoms in total. The Hall–Kier alpha value is -3.75. The van der Waals surface area contributed by atoms with Gasteiger partial charge in [-0.1, -0.05) is 61.0 Å². The lowest BCUT2D eigenvalue weighted by Gasteiger charge is -2.30. The van der Waals surface area contributed by atoms with E-state index in [1.807, 2.05) is 85.1 Å². The summed E-state index contributed by atoms with van der Waals surface area (Å²) in [5, 5.41) is 0. The first-order valence-electron chi connectivity index (χ1n) is 14.2. The van der Waals surface area contributed by atoms with Gasteiger partial charge in [-0.05, 0) is 80.0 Å². The number of fused-ring (bicyclic) bond motifs is 1. The van der Waals surface area contributed by atoms with Gasteiger partial charge < -0.3 is 9.47 Å². The van der Waals surface area contributed by atoms with Crippen LogP contribution < -0.4 is 9.62 Å². The minimum absolute atomic E-state index is 0.00718. The number of aryl methyl sites for hydroxylation is 3. The standard InChI is InChI=1S/C33H38N4O3S/c1-23-13-17-30(18-14-23)41(39,40)35-32-12-8-11-27-15-16-28(20-31(27)32)37(22-29-21-34-25(3)36(29)4)33(38)19-24(2)26-9-6-5-7-10-26/h5-7,9-10,13-18,20-21,24,32,35H,8,11-12,19,22H2,1-4H3/t24-,32+/m0/s1. The zero-order chi connectivity index (χ0) is 29.1. The Balaban J connectivity index is 1.47. The van der Waals surface area contributed by atoms with Gasteiger partial charge in [0.15, 0.2) is 0 Å². The highest BCUT2D eigenvalue weighted by molar-refractivity contribution is 7.89. The molecule has 0 spiro atoms. The summed E-state index contributed by atoms with van der Waals surface area (Å²) in [6.45, 7) is 6.32. The van der Waals surface area contributed by atoms with Crippen molar-refractivity contribution in [3.63, 3.8) is 0 Å². The Morgan fingerprint density at radius 3 is 2.49 bits per heavy atom. The fraction of sp³-hybridized carbons (Fsp3) is 0.333. The maximum absolute atomic E-state index is 13.9. The number of hydrogen-bond donors (Lipinski definition) is 1. The molecular formula is C33H38N4O3S. The highest BCUT2D eigenvalue weighted by Gasteiger charge is 2.28. The average Bonchev–Trinajstić information content (AvgIpc) is 3.28. The lowest BCUT2D eigenvalue weighted by molar-refractivity contribution is -0.119. The summed E-state index contributed by atoms with van der Waals surface area (Å²) in [5.41, 5.74) is 5.85. The summed E-state index contributed by atoms with van der Waals surface area (Å²) in [7, 11) is -1.75. The van der Waals surface area contributed by atoms with Crippen LogP contribution in [0.3, 0.4) is 0 Å². The SMILES string of the molecule is Cc1ccc(S(=O)(=O)N[C@@H]2CCCc3ccc(N(Cc4cnc(C)n4C)C(=O)C[C@H](C)c4ccccc4)cc32)cc1. The van der Waals surface area contributed by atoms with Gasteiger partial charge in [-0.25, -0.2) is 18.1 Å². The maximum Gasteiger partial charge on any atom is 0.241 e. The molecule has 0 unspecified atom stereocenters. The van der Waals surface area contributed by atoms with E-state index in [-0.39, 0.29) is 22.8 Å². The van der Waals surface area contributed by atoms with E-state index in [4.69, 9.17) is 0 Å². The highest BCUT2D eigenvalue weighted by atomic mass is 32.2. The van der Waals surface area contributed by atoms with Gasteiger partial charge in [0.2, 0.25) is 15.9 Å². The Morgan fingerprint density at radius 2 is 1.80 bits per heavy atom. The van der Waals surface area contributed by atoms with Crippen LogP contribution in [0.1, 0.15) is 71.9 Å². The molecule has 0 radical (unpaired) electrons. The number of carbonyl (C=O) groups is 1. The van der Waals surface area contributed by atoms with Crippen molar-refractivity contribution in [2.24, 2.45) is 7.05 Å². The van der Waals surface area contributed by atoms with Gasteiger partial charge in [-0.2, -0.15) is 0 Å². The summed E-state index contributed by atoms with van der Waals surface area (Å²) in [4.78, 5) is 20.4. The van der Waals surface area contributed by atoms with Crippen LogP contribution in [0, 0.1) is 13.8 Å². The minimum Gasteiger partial charge on any atom is -0.334 e. The van der Waals surface area contributed by atoms with Crippen molar-refractivity contribution in [1.29, 1.82) is 0 Å². The Labute approximate surface area is 243 Å². The van der Waals surface area contributed by atoms with Crippen LogP contribution >= 0.6 is 0 Å². The molecule has 1 aliphatic carbocycles. The number of anilines is 1. The molecule has 3 aromatic carbocycles. The van der Waals surface area contributed by atoms with Crippen molar-refractivity contribution in [2.45, 2.75) is 69.9 Å². The van der Waals surface area contributed by atoms with Crippen molar-refractivity contribution in [3.05, 3.63) is 113 Å². The topological polar surface area (TPSA) is 84.3 Å². The number of nitrogens with zero attached hydrogens (tertiary/aromatic N) is 3. The molecule has 1 heterocycles. The summed E-state index contributed by atoms with van der Waals surface area (Å²) in [5.74, 6) is 0.931. The van der Waals surface area contributed by atoms with Gasteiger partial charge in [0, 0.05) is 25.2 Å². The summed E-state index contributed by atoms with van der Waals surface area (Å²) in [6, 6.07) is 22.6. The first-order chi connectivity index (χ1) is 19.6. The third-order valence-corrected chi connectivity index (χ3v) is 9.66. The zero-order valence-corrected chi connectivity index (χ0v) is 25.0. The molecule has 0 saturated heterocycles. The molecule has 1 aromatic heterocycles. The van der Waals surface area contributed by atoms with Gasteiger partial charge in [0.1, 0.15) is 5.82 Å². The normalized spacial score (nSPS) is 15.8. The molecule has 0 bridgehead atoms. The van der Waals surface area contributed by atoms with Gasteiger partial charge in [-0.3, -0.25) is 4.79 Å². The van der Waals surface area contributed by atoms with Crippen LogP contribution in [0.4, 0.5) is 5.69 Å². The molecule has 0 fully saturated rings. The number of imidazole rings is 1. The maximum atomic E-state index is 13.9. The predicted octanol–water partition coefficient (Wildman–Crippen LogP) is 6.12. The summed E-state index contributed by atoms with van der Waals surface area (Å²) in [6.07, 6.45) is 4.62. The lowest BCUT2D eigenvalue weighted by atomic mass is 9.87. The van der Waals surface area contributed by atoms with E-state index in [0.29, 0.717) is 19.4 Å². The van der Waals surface area contributed by atoms with Crippen LogP contribution in [-0.2, 0) is 34.8 Å². The first kappa shape index (κ1) is 28.8. The van der Waals surface area contributed by atoms with Crippen LogP contribution in [0.15, 0.2) is 83.9 Å². The third kappa shape index (κ3) is 6.44. The minimum atomic E-state index is -3.71. The number of carbonyl (C=O) groups excluding carboxylic acids is 1. The zero-order valence-electron chi connectivity index (χ0n) is 24.2. The third-order valence-electron chi connectivity index (χ3n) is 8.17. The smallest absolute Gasteiger partial charge is 0.241 e. The van der Waals surface area contributed by atoms with E-state index in [1.54, 1.807) is 12.1 Å². The molecule has 4 aromatic rings. The molecule has 5 rings (SSSR count). The second-order valence-electron chi connectivity index (χ2n) is 11.1. The van der Waals surface area contributed by atoms with Gasteiger partial charge in [0.05, 0.1) is 23.3 Å². The van der Waals surface area contributed by atoms with Crippen molar-refractivity contribution in [2.75, 3.05) is 4.90 Å². The van der Waals surface area contributed by atoms with Gasteiger partial charge in [0.25, 0.3) is 0 Å². The molecule has 2 atom stereocenters. The number of aromatic nitrogens is 2. The Bertz CT molecular complexity index is 1630. The highest BCUT2D eigenvalue weighted by Crippen LogP contribution is 2.35. The number of rotatable bonds is 9. The monoisotopic (exact) mass is 570 g/mol. The molecule has 0 aliphatic heterocycles. The molecule has 41 heavy (non-hydrogen) atoms. The molecule has 1 N–H and O–H groups in total. The number of sulfonamides is 1. The summed E-state index contributed by atoms with van der Waals surface area (Å²) >= 11 is 0. The lowest BCUT2D eigenvalue weighted by Crippen LogP contribution is -2.33. The summed E-state index contributed by atoms with van der Waals surface area (Å²) < 4.78 is 31.6. The molecular weight excluding hydrogens is 532 g/mol. The molecule has 0 saturated carbocycles. The average molecular weight is 571 g/mol. The van der Waals surface area contributed by atoms with Gasteiger partial charge >= 0.3 is 0 Å². The second kappa shape index (κ2) is 12.0. The van der Waals surface area contributed by atoms with Crippen LogP contribution in [0.25, 0.3) is 0 Å². The molecule has 1 amide bonds. The van der Waals surface area contributed by atoms with Crippen LogP contribution in [-0.4, -0.2) is 23.9 Å². The fourth-order valence-corrected chi connectivity index (χ4v) is 6.75. The number of hydrogen-bond acceptors (Lipinski definition) is 4. The molecule has 214 valence electrons. The predicted molar refractivity (Wildman–Crippen MR) is 162 cm³/mol. The molecule has 8 heteroatoms. The van der Waals surface area contributed by atoms with E-state index in [1.165, 1.54) is 0 Å². The Morgan fingerprint density at radius 1 is 1.07 bits per heavy atom. The van der Waals surface area contributed by atoms with Crippen LogP contribution in [0.5, 0.6) is 0 Å². The largest absolute Gasteiger partial charge is 0.334 e. The fourth-order valence-electron chi connectivity index (χ4n) is 5.50. The Kier molecular flexibility index (Phi) is 8.42. The van der Waals surface area contributed by atoms with Crippen molar-refractivity contribution in [3.8, 4) is 0 Å². The van der Waals surface area contributed by atoms with E-state index in [0.717, 1.165) is 52.3 Å².